The van der Waals surface area contributed by atoms with Gasteiger partial charge in [0.15, 0.2) is 0 Å². The molecule has 0 aromatic heterocycles. The van der Waals surface area contributed by atoms with Crippen LogP contribution in [0, 0.1) is 0 Å². The van der Waals surface area contributed by atoms with Crippen LogP contribution in [0.25, 0.3) is 0 Å². The molecular formula is C6H11NO. The molecule has 0 unspecified atom stereocenters. The molecule has 0 aromatic carbocycles. The second-order valence-electron chi connectivity index (χ2n) is 2.56. The van der Waals surface area contributed by atoms with Gasteiger partial charge in [-0.2, -0.15) is 5.06 Å². The molecule has 2 saturated heterocycles. The quantitative estimate of drug-likeness (QED) is 0.460. The Kier molecular flexibility index (Phi) is 1.02. The first-order chi connectivity index (χ1) is 3.97. The van der Waals surface area contributed by atoms with Crippen molar-refractivity contribution in [1.29, 1.82) is 0 Å². The molecule has 2 aliphatic rings. The first-order valence-electron chi connectivity index (χ1n) is 3.36. The highest BCUT2D eigenvalue weighted by Gasteiger charge is 2.29. The highest BCUT2D eigenvalue weighted by molar-refractivity contribution is 4.76. The van der Waals surface area contributed by atoms with E-state index < -0.39 is 0 Å². The molecule has 0 aliphatic carbocycles. The highest BCUT2D eigenvalue weighted by atomic mass is 16.7. The lowest BCUT2D eigenvalue weighted by Gasteiger charge is -2.10. The zero-order valence-electron chi connectivity index (χ0n) is 4.97. The van der Waals surface area contributed by atoms with Crippen LogP contribution in [0.5, 0.6) is 0 Å². The molecule has 0 saturated carbocycles. The summed E-state index contributed by atoms with van der Waals surface area (Å²) in [6.45, 7) is 2.13. The van der Waals surface area contributed by atoms with Gasteiger partial charge >= 0.3 is 0 Å². The lowest BCUT2D eigenvalue weighted by Crippen LogP contribution is -2.20. The van der Waals surface area contributed by atoms with Gasteiger partial charge in [0.1, 0.15) is 0 Å². The molecule has 0 bridgehead atoms. The zero-order valence-corrected chi connectivity index (χ0v) is 4.97. The van der Waals surface area contributed by atoms with Crippen LogP contribution < -0.4 is 0 Å². The third-order valence-corrected chi connectivity index (χ3v) is 2.03. The molecule has 1 atom stereocenters. The molecule has 8 heavy (non-hydrogen) atoms. The minimum atomic E-state index is 0.787. The van der Waals surface area contributed by atoms with Gasteiger partial charge in [-0.15, -0.1) is 0 Å². The van der Waals surface area contributed by atoms with Crippen LogP contribution >= 0.6 is 0 Å². The fraction of sp³-hybridized carbons (Fsp3) is 1.00. The molecule has 0 N–H and O–H groups in total. The molecule has 0 spiro atoms. The Morgan fingerprint density at radius 1 is 1.38 bits per heavy atom. The molecule has 0 aromatic rings. The second kappa shape index (κ2) is 1.71. The number of rotatable bonds is 0. The Hall–Kier alpha value is -0.0800. The van der Waals surface area contributed by atoms with Gasteiger partial charge in [0.2, 0.25) is 0 Å². The van der Waals surface area contributed by atoms with Gasteiger partial charge < -0.3 is 0 Å². The van der Waals surface area contributed by atoms with E-state index in [1.807, 2.05) is 0 Å². The fourth-order valence-corrected chi connectivity index (χ4v) is 1.57. The minimum absolute atomic E-state index is 0.787. The Morgan fingerprint density at radius 3 is 3.25 bits per heavy atom. The van der Waals surface area contributed by atoms with Crippen molar-refractivity contribution < 1.29 is 4.84 Å². The van der Waals surface area contributed by atoms with Gasteiger partial charge in [-0.25, -0.2) is 0 Å². The highest BCUT2D eigenvalue weighted by Crippen LogP contribution is 2.24. The summed E-state index contributed by atoms with van der Waals surface area (Å²) >= 11 is 0. The number of nitrogens with zero attached hydrogens (tertiary/aromatic N) is 1. The van der Waals surface area contributed by atoms with E-state index in [4.69, 9.17) is 4.84 Å². The Balaban J connectivity index is 2.04. The minimum Gasteiger partial charge on any atom is -0.299 e. The van der Waals surface area contributed by atoms with Gasteiger partial charge in [-0.3, -0.25) is 4.84 Å². The van der Waals surface area contributed by atoms with Crippen molar-refractivity contribution >= 4 is 0 Å². The first-order valence-corrected chi connectivity index (χ1v) is 3.36. The first kappa shape index (κ1) is 4.77. The van der Waals surface area contributed by atoms with E-state index in [0.717, 1.165) is 12.6 Å². The van der Waals surface area contributed by atoms with Gasteiger partial charge in [0.05, 0.1) is 6.61 Å². The van der Waals surface area contributed by atoms with Gasteiger partial charge in [-0.05, 0) is 19.3 Å². The second-order valence-corrected chi connectivity index (χ2v) is 2.56. The predicted octanol–water partition coefficient (Wildman–Crippen LogP) is 0.786. The van der Waals surface area contributed by atoms with E-state index >= 15 is 0 Å². The molecule has 2 rings (SSSR count). The summed E-state index contributed by atoms with van der Waals surface area (Å²) in [5.41, 5.74) is 0. The van der Waals surface area contributed by atoms with E-state index in [0.29, 0.717) is 0 Å². The van der Waals surface area contributed by atoms with Crippen LogP contribution in [0.15, 0.2) is 0 Å². The maximum Gasteiger partial charge on any atom is 0.0701 e. The maximum absolute atomic E-state index is 5.31. The topological polar surface area (TPSA) is 12.5 Å². The van der Waals surface area contributed by atoms with Gasteiger partial charge in [0, 0.05) is 12.6 Å². The molecule has 2 heterocycles. The van der Waals surface area contributed by atoms with Crippen molar-refractivity contribution in [3.05, 3.63) is 0 Å². The lowest BCUT2D eigenvalue weighted by atomic mass is 10.2. The van der Waals surface area contributed by atoms with Crippen molar-refractivity contribution in [2.45, 2.75) is 25.3 Å². The standard InChI is InChI=1S/C6H11NO/c1-2-6-3-5-8-7(6)4-1/h6H,1-5H2/t6-/m1/s1. The smallest absolute Gasteiger partial charge is 0.0701 e. The molecule has 2 heteroatoms. The van der Waals surface area contributed by atoms with E-state index in [1.54, 1.807) is 0 Å². The largest absolute Gasteiger partial charge is 0.299 e. The van der Waals surface area contributed by atoms with Crippen molar-refractivity contribution in [1.82, 2.24) is 5.06 Å². The summed E-state index contributed by atoms with van der Waals surface area (Å²) < 4.78 is 0. The van der Waals surface area contributed by atoms with Crippen LogP contribution in [0.2, 0.25) is 0 Å². The van der Waals surface area contributed by atoms with Crippen LogP contribution in [0.1, 0.15) is 19.3 Å². The van der Waals surface area contributed by atoms with Crippen LogP contribution in [-0.4, -0.2) is 24.3 Å². The summed E-state index contributed by atoms with van der Waals surface area (Å²) in [4.78, 5) is 5.31. The third kappa shape index (κ3) is 0.565. The van der Waals surface area contributed by atoms with Crippen LogP contribution in [0.4, 0.5) is 0 Å². The fourth-order valence-electron chi connectivity index (χ4n) is 1.57. The summed E-state index contributed by atoms with van der Waals surface area (Å²) in [5, 5.41) is 2.14. The molecule has 46 valence electrons. The number of hydrogen-bond donors (Lipinski definition) is 0. The zero-order chi connectivity index (χ0) is 5.40. The maximum atomic E-state index is 5.31. The average molecular weight is 113 g/mol. The molecule has 0 radical (unpaired) electrons. The molecule has 2 aliphatic heterocycles. The van der Waals surface area contributed by atoms with Crippen molar-refractivity contribution in [3.63, 3.8) is 0 Å². The SMILES string of the molecule is C1C[C@@H]2CCON2C1. The van der Waals surface area contributed by atoms with Crippen LogP contribution in [-0.2, 0) is 4.84 Å². The molecule has 2 fully saturated rings. The van der Waals surface area contributed by atoms with Gasteiger partial charge in [0.25, 0.3) is 0 Å². The average Bonchev–Trinajstić information content (AvgIpc) is 2.15. The normalized spacial score (nSPS) is 38.2. The molecule has 2 nitrogen and oxygen atoms in total. The number of hydroxylamine groups is 2. The summed E-state index contributed by atoms with van der Waals surface area (Å²) in [7, 11) is 0. The van der Waals surface area contributed by atoms with Crippen molar-refractivity contribution in [2.75, 3.05) is 13.2 Å². The van der Waals surface area contributed by atoms with Gasteiger partial charge in [-0.1, -0.05) is 0 Å². The van der Waals surface area contributed by atoms with E-state index in [-0.39, 0.29) is 0 Å². The Morgan fingerprint density at radius 2 is 2.38 bits per heavy atom. The monoisotopic (exact) mass is 113 g/mol. The van der Waals surface area contributed by atoms with Crippen LogP contribution in [0.3, 0.4) is 0 Å². The Labute approximate surface area is 49.4 Å². The van der Waals surface area contributed by atoms with E-state index in [1.165, 1.54) is 25.8 Å². The third-order valence-electron chi connectivity index (χ3n) is 2.03. The molecule has 0 amide bonds. The number of fused-ring (bicyclic) bond motifs is 1. The molecular weight excluding hydrogens is 102 g/mol. The lowest BCUT2D eigenvalue weighted by molar-refractivity contribution is -0.113. The van der Waals surface area contributed by atoms with Crippen molar-refractivity contribution in [2.24, 2.45) is 0 Å². The summed E-state index contributed by atoms with van der Waals surface area (Å²) in [6, 6.07) is 0.787. The predicted molar refractivity (Wildman–Crippen MR) is 30.3 cm³/mol. The Bertz CT molecular complexity index is 74.5. The van der Waals surface area contributed by atoms with E-state index in [2.05, 4.69) is 5.06 Å². The van der Waals surface area contributed by atoms with Crippen molar-refractivity contribution in [3.8, 4) is 0 Å². The summed E-state index contributed by atoms with van der Waals surface area (Å²) in [5.74, 6) is 0. The van der Waals surface area contributed by atoms with E-state index in [9.17, 15) is 0 Å². The number of hydrogen-bond acceptors (Lipinski definition) is 2. The summed E-state index contributed by atoms with van der Waals surface area (Å²) in [6.07, 6.45) is 3.96.